The summed E-state index contributed by atoms with van der Waals surface area (Å²) < 4.78 is 37.4. The van der Waals surface area contributed by atoms with Crippen LogP contribution in [0.1, 0.15) is 13.8 Å². The van der Waals surface area contributed by atoms with Gasteiger partial charge in [-0.3, -0.25) is 0 Å². The maximum Gasteiger partial charge on any atom is 0.165 e. The highest BCUT2D eigenvalue weighted by molar-refractivity contribution is 5.65. The lowest BCUT2D eigenvalue weighted by atomic mass is 9.91. The van der Waals surface area contributed by atoms with E-state index < -0.39 is 17.0 Å². The fourth-order valence-corrected chi connectivity index (χ4v) is 2.98. The first-order chi connectivity index (χ1) is 13.8. The zero-order valence-corrected chi connectivity index (χ0v) is 16.7. The summed E-state index contributed by atoms with van der Waals surface area (Å²) in [6, 6.07) is 11.3. The molecule has 158 valence electrons. The third kappa shape index (κ3) is 5.67. The summed E-state index contributed by atoms with van der Waals surface area (Å²) in [4.78, 5) is 0. The van der Waals surface area contributed by atoms with E-state index in [2.05, 4.69) is 0 Å². The van der Waals surface area contributed by atoms with Gasteiger partial charge in [0.15, 0.2) is 17.4 Å². The molecule has 1 saturated heterocycles. The number of phenolic OH excluding ortho intramolecular Hbond substituents is 1. The van der Waals surface area contributed by atoms with E-state index in [1.807, 2.05) is 13.8 Å². The average Bonchev–Trinajstić information content (AvgIpc) is 2.70. The number of ether oxygens (including phenoxy) is 4. The van der Waals surface area contributed by atoms with Crippen LogP contribution >= 0.6 is 0 Å². The second-order valence-electron chi connectivity index (χ2n) is 7.73. The second kappa shape index (κ2) is 9.09. The van der Waals surface area contributed by atoms with Crippen molar-refractivity contribution in [1.82, 2.24) is 0 Å². The zero-order chi connectivity index (χ0) is 20.9. The number of halogens is 1. The molecule has 2 aromatic rings. The third-order valence-corrected chi connectivity index (χ3v) is 4.76. The highest BCUT2D eigenvalue weighted by atomic mass is 19.1. The van der Waals surface area contributed by atoms with Crippen molar-refractivity contribution in [1.29, 1.82) is 0 Å². The van der Waals surface area contributed by atoms with Crippen LogP contribution in [0, 0.1) is 11.2 Å². The maximum absolute atomic E-state index is 14.6. The molecule has 1 fully saturated rings. The van der Waals surface area contributed by atoms with E-state index in [1.165, 1.54) is 6.07 Å². The lowest BCUT2D eigenvalue weighted by Gasteiger charge is -2.42. The van der Waals surface area contributed by atoms with E-state index in [0.29, 0.717) is 18.8 Å². The monoisotopic (exact) mass is 406 g/mol. The van der Waals surface area contributed by atoms with Gasteiger partial charge in [-0.2, -0.15) is 0 Å². The smallest absolute Gasteiger partial charge is 0.165 e. The van der Waals surface area contributed by atoms with Crippen LogP contribution in [0.5, 0.6) is 11.5 Å². The van der Waals surface area contributed by atoms with Crippen molar-refractivity contribution in [3.63, 3.8) is 0 Å². The SMILES string of the molecule is CC1(C)OCC(COCCO)(COc2ccc(-c3ccc(O)cc3)cc2F)CO1. The van der Waals surface area contributed by atoms with Gasteiger partial charge in [-0.1, -0.05) is 18.2 Å². The Morgan fingerprint density at radius 2 is 1.66 bits per heavy atom. The lowest BCUT2D eigenvalue weighted by molar-refractivity contribution is -0.295. The van der Waals surface area contributed by atoms with Gasteiger partial charge >= 0.3 is 0 Å². The Labute approximate surface area is 169 Å². The molecular weight excluding hydrogens is 379 g/mol. The van der Waals surface area contributed by atoms with Gasteiger partial charge in [0.2, 0.25) is 0 Å². The minimum Gasteiger partial charge on any atom is -0.508 e. The molecule has 0 aromatic heterocycles. The van der Waals surface area contributed by atoms with E-state index in [0.717, 1.165) is 5.56 Å². The van der Waals surface area contributed by atoms with E-state index >= 15 is 0 Å². The molecule has 0 saturated carbocycles. The number of aliphatic hydroxyl groups excluding tert-OH is 1. The summed E-state index contributed by atoms with van der Waals surface area (Å²) in [5.41, 5.74) is 0.868. The second-order valence-corrected chi connectivity index (χ2v) is 7.73. The summed E-state index contributed by atoms with van der Waals surface area (Å²) in [7, 11) is 0. The van der Waals surface area contributed by atoms with Crippen molar-refractivity contribution in [3.8, 4) is 22.6 Å². The highest BCUT2D eigenvalue weighted by Gasteiger charge is 2.41. The van der Waals surface area contributed by atoms with Gasteiger partial charge in [-0.15, -0.1) is 0 Å². The highest BCUT2D eigenvalue weighted by Crippen LogP contribution is 2.32. The molecule has 29 heavy (non-hydrogen) atoms. The van der Waals surface area contributed by atoms with Gasteiger partial charge in [0.1, 0.15) is 12.4 Å². The topological polar surface area (TPSA) is 77.4 Å². The number of hydrogen-bond donors (Lipinski definition) is 2. The maximum atomic E-state index is 14.6. The molecule has 0 radical (unpaired) electrons. The molecule has 3 rings (SSSR count). The minimum absolute atomic E-state index is 0.0858. The summed E-state index contributed by atoms with van der Waals surface area (Å²) >= 11 is 0. The number of phenols is 1. The van der Waals surface area contributed by atoms with Gasteiger partial charge in [-0.05, 0) is 49.2 Å². The Morgan fingerprint density at radius 3 is 2.28 bits per heavy atom. The largest absolute Gasteiger partial charge is 0.508 e. The van der Waals surface area contributed by atoms with Crippen molar-refractivity contribution >= 4 is 0 Å². The van der Waals surface area contributed by atoms with Crippen LogP contribution in [0.4, 0.5) is 4.39 Å². The predicted octanol–water partition coefficient (Wildman–Crippen LogP) is 3.36. The van der Waals surface area contributed by atoms with Crippen LogP contribution in [0.15, 0.2) is 42.5 Å². The zero-order valence-electron chi connectivity index (χ0n) is 16.7. The molecule has 0 spiro atoms. The fraction of sp³-hybridized carbons (Fsp3) is 0.455. The standard InChI is InChI=1S/C22H27FO6/c1-21(2)28-14-22(15-29-21,12-26-10-9-24)13-27-20-8-5-17(11-19(20)23)16-3-6-18(25)7-4-16/h3-8,11,24-25H,9-10,12-15H2,1-2H3. The van der Waals surface area contributed by atoms with Crippen molar-refractivity contribution in [2.75, 3.05) is 39.6 Å². The van der Waals surface area contributed by atoms with Crippen molar-refractivity contribution in [2.45, 2.75) is 19.6 Å². The van der Waals surface area contributed by atoms with Crippen LogP contribution in [-0.2, 0) is 14.2 Å². The summed E-state index contributed by atoms with van der Waals surface area (Å²) in [5, 5.41) is 18.4. The van der Waals surface area contributed by atoms with Crippen LogP contribution in [-0.4, -0.2) is 55.6 Å². The summed E-state index contributed by atoms with van der Waals surface area (Å²) in [6.07, 6.45) is 0. The molecule has 2 N–H and O–H groups in total. The van der Waals surface area contributed by atoms with Gasteiger partial charge < -0.3 is 29.2 Å². The van der Waals surface area contributed by atoms with Gasteiger partial charge in [0, 0.05) is 0 Å². The number of aliphatic hydroxyl groups is 1. The molecule has 7 heteroatoms. The molecule has 1 aliphatic heterocycles. The molecule has 0 bridgehead atoms. The third-order valence-electron chi connectivity index (χ3n) is 4.76. The number of aromatic hydroxyl groups is 1. The molecule has 0 aliphatic carbocycles. The van der Waals surface area contributed by atoms with Crippen LogP contribution < -0.4 is 4.74 Å². The van der Waals surface area contributed by atoms with Crippen molar-refractivity contribution in [2.24, 2.45) is 5.41 Å². The van der Waals surface area contributed by atoms with Crippen molar-refractivity contribution < 1.29 is 33.6 Å². The molecule has 2 aromatic carbocycles. The summed E-state index contributed by atoms with van der Waals surface area (Å²) in [5.74, 6) is -0.904. The Hall–Kier alpha value is -2.19. The summed E-state index contributed by atoms with van der Waals surface area (Å²) in [6.45, 7) is 4.83. The molecule has 1 heterocycles. The average molecular weight is 406 g/mol. The van der Waals surface area contributed by atoms with Crippen molar-refractivity contribution in [3.05, 3.63) is 48.3 Å². The Morgan fingerprint density at radius 1 is 1.00 bits per heavy atom. The Kier molecular flexibility index (Phi) is 6.74. The number of benzene rings is 2. The van der Waals surface area contributed by atoms with E-state index in [4.69, 9.17) is 24.1 Å². The molecule has 0 atom stereocenters. The molecule has 6 nitrogen and oxygen atoms in total. The van der Waals surface area contributed by atoms with Crippen LogP contribution in [0.2, 0.25) is 0 Å². The first-order valence-electron chi connectivity index (χ1n) is 9.51. The normalized spacial score (nSPS) is 17.8. The molecule has 0 amide bonds. The molecular formula is C22H27FO6. The number of rotatable bonds is 8. The van der Waals surface area contributed by atoms with Gasteiger partial charge in [0.25, 0.3) is 0 Å². The lowest BCUT2D eigenvalue weighted by Crippen LogP contribution is -2.52. The first kappa shape index (κ1) is 21.5. The van der Waals surface area contributed by atoms with E-state index in [1.54, 1.807) is 36.4 Å². The van der Waals surface area contributed by atoms with Gasteiger partial charge in [0.05, 0.1) is 38.4 Å². The predicted molar refractivity (Wildman–Crippen MR) is 105 cm³/mol. The molecule has 0 unspecified atom stereocenters. The number of hydrogen-bond acceptors (Lipinski definition) is 6. The van der Waals surface area contributed by atoms with Crippen LogP contribution in [0.3, 0.4) is 0 Å². The first-order valence-corrected chi connectivity index (χ1v) is 9.51. The van der Waals surface area contributed by atoms with E-state index in [9.17, 15) is 9.50 Å². The fourth-order valence-electron chi connectivity index (χ4n) is 2.98. The van der Waals surface area contributed by atoms with Gasteiger partial charge in [-0.25, -0.2) is 4.39 Å². The molecule has 1 aliphatic rings. The Bertz CT molecular complexity index is 795. The Balaban J connectivity index is 1.69. The quantitative estimate of drug-likeness (QED) is 0.655. The van der Waals surface area contributed by atoms with Crippen LogP contribution in [0.25, 0.3) is 11.1 Å². The van der Waals surface area contributed by atoms with E-state index in [-0.39, 0.29) is 37.9 Å². The minimum atomic E-state index is -0.697.